The Morgan fingerprint density at radius 1 is 1.20 bits per heavy atom. The van der Waals surface area contributed by atoms with Crippen molar-refractivity contribution in [3.8, 4) is 17.0 Å². The van der Waals surface area contributed by atoms with E-state index in [0.717, 1.165) is 28.3 Å². The van der Waals surface area contributed by atoms with Crippen molar-refractivity contribution in [2.24, 2.45) is 0 Å². The van der Waals surface area contributed by atoms with Gasteiger partial charge in [0.2, 0.25) is 0 Å². The van der Waals surface area contributed by atoms with Crippen LogP contribution in [0.1, 0.15) is 5.69 Å². The lowest BCUT2D eigenvalue weighted by Crippen LogP contribution is -1.93. The average molecular weight is 307 g/mol. The van der Waals surface area contributed by atoms with Gasteiger partial charge >= 0.3 is 0 Å². The minimum Gasteiger partial charge on any atom is -0.496 e. The maximum atomic E-state index is 6.11. The van der Waals surface area contributed by atoms with Crippen LogP contribution in [-0.4, -0.2) is 16.5 Å². The first-order valence-corrected chi connectivity index (χ1v) is 7.01. The lowest BCUT2D eigenvalue weighted by molar-refractivity contribution is 0.416. The summed E-state index contributed by atoms with van der Waals surface area (Å²) in [6.07, 6.45) is 1.82. The monoisotopic (exact) mass is 306 g/mol. The molecule has 0 aliphatic carbocycles. The first kappa shape index (κ1) is 13.3. The zero-order valence-corrected chi connectivity index (χ0v) is 12.3. The van der Waals surface area contributed by atoms with Gasteiger partial charge in [0.1, 0.15) is 11.4 Å². The largest absolute Gasteiger partial charge is 0.496 e. The number of hydrogen-bond donors (Lipinski definition) is 0. The molecule has 0 unspecified atom stereocenters. The molecule has 3 rings (SSSR count). The number of imidazole rings is 1. The Kier molecular flexibility index (Phi) is 3.55. The van der Waals surface area contributed by atoms with Gasteiger partial charge in [0.05, 0.1) is 29.4 Å². The molecule has 0 fully saturated rings. The summed E-state index contributed by atoms with van der Waals surface area (Å²) in [5, 5.41) is 0.646. The Morgan fingerprint density at radius 3 is 2.75 bits per heavy atom. The maximum Gasteiger partial charge on any atom is 0.137 e. The van der Waals surface area contributed by atoms with E-state index >= 15 is 0 Å². The third-order valence-corrected chi connectivity index (χ3v) is 3.65. The number of alkyl halides is 1. The third-order valence-electron chi connectivity index (χ3n) is 3.17. The SMILES string of the molecule is COc1ccccc1-c1nc2ccc(Cl)cn2c1CCl. The molecule has 0 spiro atoms. The second-order valence-electron chi connectivity index (χ2n) is 4.32. The van der Waals surface area contributed by atoms with Gasteiger partial charge in [-0.05, 0) is 24.3 Å². The van der Waals surface area contributed by atoms with Crippen LogP contribution in [-0.2, 0) is 5.88 Å². The number of aromatic nitrogens is 2. The minimum absolute atomic E-state index is 0.342. The molecule has 3 aromatic rings. The normalized spacial score (nSPS) is 10.9. The molecule has 0 saturated heterocycles. The van der Waals surface area contributed by atoms with E-state index in [0.29, 0.717) is 10.9 Å². The quantitative estimate of drug-likeness (QED) is 0.670. The van der Waals surface area contributed by atoms with Crippen molar-refractivity contribution in [3.63, 3.8) is 0 Å². The van der Waals surface area contributed by atoms with Crippen molar-refractivity contribution in [1.29, 1.82) is 0 Å². The van der Waals surface area contributed by atoms with Crippen molar-refractivity contribution in [2.45, 2.75) is 5.88 Å². The number of halogens is 2. The maximum absolute atomic E-state index is 6.11. The Balaban J connectivity index is 2.30. The van der Waals surface area contributed by atoms with Crippen LogP contribution in [0, 0.1) is 0 Å². The molecule has 20 heavy (non-hydrogen) atoms. The van der Waals surface area contributed by atoms with Crippen molar-refractivity contribution >= 4 is 28.8 Å². The lowest BCUT2D eigenvalue weighted by atomic mass is 10.1. The van der Waals surface area contributed by atoms with Gasteiger partial charge in [0.25, 0.3) is 0 Å². The minimum atomic E-state index is 0.342. The highest BCUT2D eigenvalue weighted by atomic mass is 35.5. The number of nitrogens with zero attached hydrogens (tertiary/aromatic N) is 2. The predicted octanol–water partition coefficient (Wildman–Crippen LogP) is 4.40. The van der Waals surface area contributed by atoms with Crippen molar-refractivity contribution in [1.82, 2.24) is 9.38 Å². The molecule has 0 aliphatic rings. The van der Waals surface area contributed by atoms with Gasteiger partial charge in [-0.3, -0.25) is 0 Å². The van der Waals surface area contributed by atoms with E-state index in [-0.39, 0.29) is 0 Å². The van der Waals surface area contributed by atoms with Crippen molar-refractivity contribution in [3.05, 3.63) is 53.3 Å². The number of rotatable bonds is 3. The highest BCUT2D eigenvalue weighted by Crippen LogP contribution is 2.33. The van der Waals surface area contributed by atoms with E-state index in [1.165, 1.54) is 0 Å². The highest BCUT2D eigenvalue weighted by molar-refractivity contribution is 6.30. The Hall–Kier alpha value is -1.71. The van der Waals surface area contributed by atoms with E-state index in [9.17, 15) is 0 Å². The van der Waals surface area contributed by atoms with Gasteiger partial charge in [-0.15, -0.1) is 11.6 Å². The molecule has 102 valence electrons. The molecule has 2 aromatic heterocycles. The van der Waals surface area contributed by atoms with Crippen LogP contribution >= 0.6 is 23.2 Å². The molecule has 0 saturated carbocycles. The van der Waals surface area contributed by atoms with Gasteiger partial charge < -0.3 is 9.14 Å². The molecule has 0 radical (unpaired) electrons. The smallest absolute Gasteiger partial charge is 0.137 e. The number of pyridine rings is 1. The number of methoxy groups -OCH3 is 1. The van der Waals surface area contributed by atoms with Crippen LogP contribution in [0.25, 0.3) is 16.9 Å². The van der Waals surface area contributed by atoms with Crippen LogP contribution in [0.3, 0.4) is 0 Å². The topological polar surface area (TPSA) is 26.5 Å². The van der Waals surface area contributed by atoms with Gasteiger partial charge in [-0.1, -0.05) is 23.7 Å². The summed E-state index contributed by atoms with van der Waals surface area (Å²) in [7, 11) is 1.64. The summed E-state index contributed by atoms with van der Waals surface area (Å²) in [5.41, 5.74) is 3.45. The van der Waals surface area contributed by atoms with E-state index in [1.54, 1.807) is 7.11 Å². The van der Waals surface area contributed by atoms with Crippen LogP contribution in [0.4, 0.5) is 0 Å². The fourth-order valence-corrected chi connectivity index (χ4v) is 2.67. The van der Waals surface area contributed by atoms with E-state index in [4.69, 9.17) is 27.9 Å². The van der Waals surface area contributed by atoms with Crippen molar-refractivity contribution < 1.29 is 4.74 Å². The number of para-hydroxylation sites is 1. The Bertz CT molecular complexity index is 768. The van der Waals surface area contributed by atoms with Crippen LogP contribution in [0.2, 0.25) is 5.02 Å². The Labute approximate surface area is 126 Å². The van der Waals surface area contributed by atoms with Gasteiger partial charge in [-0.2, -0.15) is 0 Å². The molecule has 1 aromatic carbocycles. The number of fused-ring (bicyclic) bond motifs is 1. The van der Waals surface area contributed by atoms with Crippen LogP contribution in [0.15, 0.2) is 42.6 Å². The fraction of sp³-hybridized carbons (Fsp3) is 0.133. The van der Waals surface area contributed by atoms with Gasteiger partial charge in [0, 0.05) is 11.8 Å². The summed E-state index contributed by atoms with van der Waals surface area (Å²) in [5.74, 6) is 1.11. The third kappa shape index (κ3) is 2.13. The number of hydrogen-bond acceptors (Lipinski definition) is 2. The molecule has 3 nitrogen and oxygen atoms in total. The van der Waals surface area contributed by atoms with Crippen molar-refractivity contribution in [2.75, 3.05) is 7.11 Å². The number of benzene rings is 1. The zero-order chi connectivity index (χ0) is 14.1. The van der Waals surface area contributed by atoms with E-state index < -0.39 is 0 Å². The molecule has 0 amide bonds. The summed E-state index contributed by atoms with van der Waals surface area (Å²) in [6, 6.07) is 11.4. The second kappa shape index (κ2) is 5.35. The molecule has 2 heterocycles. The van der Waals surface area contributed by atoms with Crippen LogP contribution < -0.4 is 4.74 Å². The first-order chi connectivity index (χ1) is 9.74. The molecule has 0 atom stereocenters. The standard InChI is InChI=1S/C15H12Cl2N2O/c1-20-13-5-3-2-4-11(13)15-12(8-16)19-9-10(17)6-7-14(19)18-15/h2-7,9H,8H2,1H3. The molecular formula is C15H12Cl2N2O. The number of ether oxygens (including phenoxy) is 1. The summed E-state index contributed by atoms with van der Waals surface area (Å²) < 4.78 is 7.31. The van der Waals surface area contributed by atoms with E-state index in [2.05, 4.69) is 4.98 Å². The Morgan fingerprint density at radius 2 is 2.00 bits per heavy atom. The molecule has 0 bridgehead atoms. The van der Waals surface area contributed by atoms with Gasteiger partial charge in [-0.25, -0.2) is 4.98 Å². The summed E-state index contributed by atoms with van der Waals surface area (Å²) in [6.45, 7) is 0. The lowest BCUT2D eigenvalue weighted by Gasteiger charge is -2.07. The fourth-order valence-electron chi connectivity index (χ4n) is 2.25. The summed E-state index contributed by atoms with van der Waals surface area (Å²) in [4.78, 5) is 4.64. The highest BCUT2D eigenvalue weighted by Gasteiger charge is 2.16. The average Bonchev–Trinajstić information content (AvgIpc) is 2.84. The first-order valence-electron chi connectivity index (χ1n) is 6.10. The predicted molar refractivity (Wildman–Crippen MR) is 81.7 cm³/mol. The molecule has 0 aliphatic heterocycles. The second-order valence-corrected chi connectivity index (χ2v) is 5.02. The molecule has 0 N–H and O–H groups in total. The van der Waals surface area contributed by atoms with Gasteiger partial charge in [0.15, 0.2) is 0 Å². The van der Waals surface area contributed by atoms with Crippen LogP contribution in [0.5, 0.6) is 5.75 Å². The zero-order valence-electron chi connectivity index (χ0n) is 10.8. The molecular weight excluding hydrogens is 295 g/mol. The summed E-state index contributed by atoms with van der Waals surface area (Å²) >= 11 is 12.2. The molecule has 5 heteroatoms. The van der Waals surface area contributed by atoms with E-state index in [1.807, 2.05) is 47.0 Å².